The number of ether oxygens (including phenoxy) is 1. The molecule has 1 aromatic carbocycles. The molecule has 0 atom stereocenters. The third kappa shape index (κ3) is 7.11. The normalized spacial score (nSPS) is 14.5. The molecule has 1 aliphatic rings. The molecular formula is C22H27N3O3S. The molecule has 2 heterocycles. The number of aromatic nitrogens is 1. The van der Waals surface area contributed by atoms with E-state index in [0.29, 0.717) is 11.7 Å². The zero-order valence-electron chi connectivity index (χ0n) is 16.9. The van der Waals surface area contributed by atoms with E-state index in [9.17, 15) is 9.59 Å². The lowest BCUT2D eigenvalue weighted by Crippen LogP contribution is -2.29. The molecule has 0 radical (unpaired) electrons. The first-order valence-corrected chi connectivity index (χ1v) is 10.7. The zero-order chi connectivity index (χ0) is 20.6. The smallest absolute Gasteiger partial charge is 0.302 e. The van der Waals surface area contributed by atoms with Crippen LogP contribution in [0.4, 0.5) is 5.13 Å². The summed E-state index contributed by atoms with van der Waals surface area (Å²) >= 11 is 1.54. The topological polar surface area (TPSA) is 71.5 Å². The first-order chi connectivity index (χ1) is 14.0. The van der Waals surface area contributed by atoms with E-state index in [-0.39, 0.29) is 11.9 Å². The lowest BCUT2D eigenvalue weighted by molar-refractivity contribution is -0.140. The molecule has 1 aromatic heterocycles. The van der Waals surface area contributed by atoms with E-state index in [4.69, 9.17) is 4.74 Å². The summed E-state index contributed by atoms with van der Waals surface area (Å²) < 4.78 is 4.99. The van der Waals surface area contributed by atoms with Crippen LogP contribution in [-0.2, 0) is 27.3 Å². The summed E-state index contributed by atoms with van der Waals surface area (Å²) in [6.45, 7) is 6.29. The van der Waals surface area contributed by atoms with Crippen LogP contribution in [0.15, 0.2) is 36.0 Å². The number of anilines is 1. The number of carbonyl (C=O) groups excluding carboxylic acids is 2. The van der Waals surface area contributed by atoms with Crippen LogP contribution < -0.4 is 5.32 Å². The molecule has 6 nitrogen and oxygen atoms in total. The molecule has 1 amide bonds. The summed E-state index contributed by atoms with van der Waals surface area (Å²) in [6.07, 6.45) is 7.00. The van der Waals surface area contributed by atoms with Gasteiger partial charge in [0.25, 0.3) is 0 Å². The van der Waals surface area contributed by atoms with E-state index < -0.39 is 0 Å². The fraction of sp³-hybridized carbons (Fsp3) is 0.409. The molecule has 1 fully saturated rings. The first-order valence-electron chi connectivity index (χ1n) is 9.84. The molecule has 0 bridgehead atoms. The molecule has 0 spiro atoms. The molecule has 1 aliphatic heterocycles. The van der Waals surface area contributed by atoms with Crippen LogP contribution in [0.2, 0.25) is 0 Å². The fourth-order valence-corrected chi connectivity index (χ4v) is 4.18. The van der Waals surface area contributed by atoms with Crippen molar-refractivity contribution in [3.8, 4) is 0 Å². The third-order valence-electron chi connectivity index (χ3n) is 4.76. The summed E-state index contributed by atoms with van der Waals surface area (Å²) in [5, 5.41) is 3.40. The Morgan fingerprint density at radius 1 is 1.21 bits per heavy atom. The monoisotopic (exact) mass is 413 g/mol. The number of rotatable bonds is 7. The van der Waals surface area contributed by atoms with Gasteiger partial charge in [0, 0.05) is 51.0 Å². The average molecular weight is 414 g/mol. The van der Waals surface area contributed by atoms with Gasteiger partial charge in [0.2, 0.25) is 5.91 Å². The van der Waals surface area contributed by atoms with Crippen LogP contribution in [0.5, 0.6) is 0 Å². The van der Waals surface area contributed by atoms with Crippen LogP contribution >= 0.6 is 11.3 Å². The van der Waals surface area contributed by atoms with Crippen LogP contribution in [0.1, 0.15) is 42.7 Å². The molecule has 29 heavy (non-hydrogen) atoms. The molecule has 154 valence electrons. The van der Waals surface area contributed by atoms with Gasteiger partial charge in [-0.1, -0.05) is 35.9 Å². The Balaban J connectivity index is 1.46. The van der Waals surface area contributed by atoms with E-state index in [1.165, 1.54) is 46.8 Å². The summed E-state index contributed by atoms with van der Waals surface area (Å²) in [4.78, 5) is 29.8. The summed E-state index contributed by atoms with van der Waals surface area (Å²) in [6, 6.07) is 8.45. The van der Waals surface area contributed by atoms with E-state index in [0.717, 1.165) is 38.9 Å². The number of carbonyl (C=O) groups is 2. The lowest BCUT2D eigenvalue weighted by atomic mass is 10.00. The van der Waals surface area contributed by atoms with E-state index >= 15 is 0 Å². The van der Waals surface area contributed by atoms with Crippen molar-refractivity contribution in [2.75, 3.05) is 25.0 Å². The van der Waals surface area contributed by atoms with Gasteiger partial charge in [-0.15, -0.1) is 11.3 Å². The van der Waals surface area contributed by atoms with Crippen molar-refractivity contribution >= 4 is 34.4 Å². The zero-order valence-corrected chi connectivity index (χ0v) is 17.8. The predicted molar refractivity (Wildman–Crippen MR) is 116 cm³/mol. The highest BCUT2D eigenvalue weighted by atomic mass is 32.1. The van der Waals surface area contributed by atoms with Crippen molar-refractivity contribution in [1.29, 1.82) is 0 Å². The molecule has 7 heteroatoms. The van der Waals surface area contributed by atoms with Gasteiger partial charge in [0.05, 0.1) is 6.61 Å². The minimum Gasteiger partial charge on any atom is -0.466 e. The second kappa shape index (κ2) is 10.3. The maximum atomic E-state index is 11.1. The maximum Gasteiger partial charge on any atom is 0.302 e. The van der Waals surface area contributed by atoms with Crippen LogP contribution in [-0.4, -0.2) is 41.5 Å². The molecule has 1 saturated heterocycles. The van der Waals surface area contributed by atoms with Crippen molar-refractivity contribution in [2.24, 2.45) is 0 Å². The number of thiazole rings is 1. The third-order valence-corrected chi connectivity index (χ3v) is 5.66. The maximum absolute atomic E-state index is 11.1. The highest BCUT2D eigenvalue weighted by Gasteiger charge is 2.15. The van der Waals surface area contributed by atoms with Gasteiger partial charge < -0.3 is 10.1 Å². The largest absolute Gasteiger partial charge is 0.466 e. The second-order valence-electron chi connectivity index (χ2n) is 7.22. The number of nitrogens with zero attached hydrogens (tertiary/aromatic N) is 2. The van der Waals surface area contributed by atoms with E-state index in [1.807, 2.05) is 6.20 Å². The summed E-state index contributed by atoms with van der Waals surface area (Å²) in [5.74, 6) is -0.322. The van der Waals surface area contributed by atoms with Crippen LogP contribution in [0, 0.1) is 0 Å². The number of esters is 1. The Kier molecular flexibility index (Phi) is 7.55. The number of benzene rings is 1. The Morgan fingerprint density at radius 3 is 2.59 bits per heavy atom. The van der Waals surface area contributed by atoms with Gasteiger partial charge in [-0.25, -0.2) is 4.98 Å². The number of hydrogen-bond donors (Lipinski definition) is 1. The van der Waals surface area contributed by atoms with E-state index in [2.05, 4.69) is 45.5 Å². The van der Waals surface area contributed by atoms with Crippen molar-refractivity contribution < 1.29 is 14.3 Å². The molecule has 0 saturated carbocycles. The second-order valence-corrected chi connectivity index (χ2v) is 8.34. The Morgan fingerprint density at radius 2 is 1.93 bits per heavy atom. The van der Waals surface area contributed by atoms with Crippen molar-refractivity contribution in [1.82, 2.24) is 9.88 Å². The summed E-state index contributed by atoms with van der Waals surface area (Å²) in [7, 11) is 0. The number of piperidine rings is 1. The molecule has 3 rings (SSSR count). The minimum atomic E-state index is -0.235. The Bertz CT molecular complexity index is 864. The van der Waals surface area contributed by atoms with E-state index in [1.54, 1.807) is 0 Å². The van der Waals surface area contributed by atoms with Crippen molar-refractivity contribution in [2.45, 2.75) is 39.7 Å². The quantitative estimate of drug-likeness (QED) is 0.698. The number of amides is 1. The molecular weight excluding hydrogens is 386 g/mol. The summed E-state index contributed by atoms with van der Waals surface area (Å²) in [5.41, 5.74) is 3.86. The first kappa shape index (κ1) is 21.2. The lowest BCUT2D eigenvalue weighted by Gasteiger charge is -2.27. The predicted octanol–water partition coefficient (Wildman–Crippen LogP) is 3.89. The highest BCUT2D eigenvalue weighted by molar-refractivity contribution is 7.15. The Labute approximate surface area is 175 Å². The minimum absolute atomic E-state index is 0.0870. The van der Waals surface area contributed by atoms with Crippen LogP contribution in [0.3, 0.4) is 0 Å². The van der Waals surface area contributed by atoms with Crippen molar-refractivity contribution in [3.63, 3.8) is 0 Å². The van der Waals surface area contributed by atoms with Gasteiger partial charge in [0.15, 0.2) is 5.13 Å². The average Bonchev–Trinajstić information content (AvgIpc) is 3.10. The number of nitrogens with one attached hydrogen (secondary N) is 1. The standard InChI is InChI=1S/C22H27N3O3S/c1-16(26)24-22-23-14-21(29-22)15-25-10-7-20(8-11-25)13-19-5-3-18(4-6-19)9-12-28-17(2)27/h3-6,13-14H,7-12,15H2,1-2H3,(H,23,24,26). The fourth-order valence-electron chi connectivity index (χ4n) is 3.28. The van der Waals surface area contributed by atoms with Crippen LogP contribution in [0.25, 0.3) is 6.08 Å². The molecule has 0 unspecified atom stereocenters. The van der Waals surface area contributed by atoms with Gasteiger partial charge >= 0.3 is 5.97 Å². The Hall–Kier alpha value is -2.51. The molecule has 1 N–H and O–H groups in total. The molecule has 2 aromatic rings. The number of hydrogen-bond acceptors (Lipinski definition) is 6. The van der Waals surface area contributed by atoms with Gasteiger partial charge in [0.1, 0.15) is 0 Å². The SMILES string of the molecule is CC(=O)Nc1ncc(CN2CCC(=Cc3ccc(CCOC(C)=O)cc3)CC2)s1. The molecule has 0 aliphatic carbocycles. The highest BCUT2D eigenvalue weighted by Crippen LogP contribution is 2.24. The van der Waals surface area contributed by atoms with Gasteiger partial charge in [-0.05, 0) is 24.0 Å². The van der Waals surface area contributed by atoms with Gasteiger partial charge in [-0.3, -0.25) is 14.5 Å². The van der Waals surface area contributed by atoms with Gasteiger partial charge in [-0.2, -0.15) is 0 Å². The van der Waals surface area contributed by atoms with Crippen molar-refractivity contribution in [3.05, 3.63) is 52.0 Å². The number of likely N-dealkylation sites (tertiary alicyclic amines) is 1.